The summed E-state index contributed by atoms with van der Waals surface area (Å²) >= 11 is 1.29. The predicted octanol–water partition coefficient (Wildman–Crippen LogP) is 3.61. The highest BCUT2D eigenvalue weighted by molar-refractivity contribution is 7.98. The van der Waals surface area contributed by atoms with Gasteiger partial charge in [-0.25, -0.2) is 9.38 Å². The van der Waals surface area contributed by atoms with Crippen LogP contribution in [-0.4, -0.2) is 37.7 Å². The van der Waals surface area contributed by atoms with E-state index in [1.54, 1.807) is 4.90 Å². The molecule has 1 aromatic carbocycles. The lowest BCUT2D eigenvalue weighted by atomic mass is 10.1. The minimum absolute atomic E-state index is 0.218. The molecular formula is C16H18F4N4S. The third kappa shape index (κ3) is 3.72. The summed E-state index contributed by atoms with van der Waals surface area (Å²) in [7, 11) is 0. The van der Waals surface area contributed by atoms with Gasteiger partial charge in [0.2, 0.25) is 0 Å². The van der Waals surface area contributed by atoms with Crippen molar-refractivity contribution >= 4 is 29.2 Å². The number of nitrogens with zero attached hydrogens (tertiary/aromatic N) is 2. The number of alkyl halides is 3. The number of amidine groups is 1. The van der Waals surface area contributed by atoms with Gasteiger partial charge in [-0.3, -0.25) is 0 Å². The molecule has 2 N–H and O–H groups in total. The van der Waals surface area contributed by atoms with E-state index in [0.717, 1.165) is 18.7 Å². The van der Waals surface area contributed by atoms with Crippen molar-refractivity contribution in [3.63, 3.8) is 0 Å². The van der Waals surface area contributed by atoms with Crippen molar-refractivity contribution < 1.29 is 17.6 Å². The average molecular weight is 374 g/mol. The number of hydrogen-bond acceptors (Lipinski definition) is 5. The molecule has 1 saturated carbocycles. The van der Waals surface area contributed by atoms with Crippen LogP contribution in [0.25, 0.3) is 0 Å². The number of piperazine rings is 1. The minimum Gasteiger partial charge on any atom is -0.364 e. The van der Waals surface area contributed by atoms with Gasteiger partial charge in [0.05, 0.1) is 23.0 Å². The summed E-state index contributed by atoms with van der Waals surface area (Å²) in [5.74, 6) is 0.762. The smallest absolute Gasteiger partial charge is 0.364 e. The maximum absolute atomic E-state index is 14.1. The van der Waals surface area contributed by atoms with Gasteiger partial charge in [-0.15, -0.1) is 0 Å². The summed E-state index contributed by atoms with van der Waals surface area (Å²) < 4.78 is 56.1. The molecule has 9 heteroatoms. The number of halogens is 4. The Morgan fingerprint density at radius 2 is 2.08 bits per heavy atom. The van der Waals surface area contributed by atoms with E-state index < -0.39 is 24.5 Å². The summed E-state index contributed by atoms with van der Waals surface area (Å²) in [6, 6.07) is 1.93. The molecule has 1 saturated heterocycles. The van der Waals surface area contributed by atoms with Crippen LogP contribution in [0, 0.1) is 11.7 Å². The first-order valence-corrected chi connectivity index (χ1v) is 9.11. The Balaban J connectivity index is 1.72. The van der Waals surface area contributed by atoms with E-state index in [1.165, 1.54) is 24.1 Å². The van der Waals surface area contributed by atoms with Gasteiger partial charge in [0.1, 0.15) is 17.3 Å². The lowest BCUT2D eigenvalue weighted by Gasteiger charge is -2.39. The van der Waals surface area contributed by atoms with Gasteiger partial charge in [-0.1, -0.05) is 0 Å². The van der Waals surface area contributed by atoms with Crippen LogP contribution >= 0.6 is 11.9 Å². The molecule has 25 heavy (non-hydrogen) atoms. The molecule has 4 nitrogen and oxygen atoms in total. The fraction of sp³-hybridized carbons (Fsp3) is 0.562. The molecule has 0 radical (unpaired) electrons. The highest BCUT2D eigenvalue weighted by Gasteiger charge is 2.38. The third-order valence-corrected chi connectivity index (χ3v) is 5.45. The van der Waals surface area contributed by atoms with Crippen molar-refractivity contribution in [3.8, 4) is 0 Å². The van der Waals surface area contributed by atoms with Gasteiger partial charge in [0.25, 0.3) is 0 Å². The van der Waals surface area contributed by atoms with Crippen molar-refractivity contribution in [1.29, 1.82) is 0 Å². The van der Waals surface area contributed by atoms with Gasteiger partial charge in [-0.2, -0.15) is 13.2 Å². The molecule has 2 fully saturated rings. The molecule has 1 aliphatic carbocycles. The Bertz CT molecular complexity index is 702. The molecule has 4 rings (SSSR count). The molecule has 0 unspecified atom stereocenters. The first-order chi connectivity index (χ1) is 11.9. The minimum atomic E-state index is -4.27. The first-order valence-electron chi connectivity index (χ1n) is 8.30. The number of fused-ring (bicyclic) bond motifs is 1. The van der Waals surface area contributed by atoms with Gasteiger partial charge in [0.15, 0.2) is 0 Å². The maximum atomic E-state index is 14.1. The van der Waals surface area contributed by atoms with Crippen LogP contribution in [-0.2, 0) is 0 Å². The Labute approximate surface area is 147 Å². The molecule has 136 valence electrons. The van der Waals surface area contributed by atoms with E-state index in [0.29, 0.717) is 35.3 Å². The largest absolute Gasteiger partial charge is 0.391 e. The number of anilines is 1. The lowest BCUT2D eigenvalue weighted by Crippen LogP contribution is -2.53. The summed E-state index contributed by atoms with van der Waals surface area (Å²) in [5.41, 5.74) is 1.04. The van der Waals surface area contributed by atoms with Gasteiger partial charge in [0, 0.05) is 25.6 Å². The molecule has 1 aromatic rings. The number of aliphatic imine (C=N–C) groups is 1. The second-order valence-electron chi connectivity index (χ2n) is 6.62. The fourth-order valence-corrected chi connectivity index (χ4v) is 4.12. The Morgan fingerprint density at radius 1 is 1.28 bits per heavy atom. The number of rotatable bonds is 3. The zero-order valence-electron chi connectivity index (χ0n) is 13.4. The standard InChI is InChI=1S/C16H18F4N4S/c17-10-5-12(24-4-3-21-8-11(24)7-16(18,19)20)14-13(6-10)25-23-15(22-14)9-1-2-9/h5-6,9,11,21H,1-4,7-8H2,(H,22,23)/t11-/m0/s1. The van der Waals surface area contributed by atoms with E-state index in [-0.39, 0.29) is 6.54 Å². The number of nitrogens with one attached hydrogen (secondary N) is 2. The highest BCUT2D eigenvalue weighted by atomic mass is 32.2. The van der Waals surface area contributed by atoms with Crippen molar-refractivity contribution in [2.24, 2.45) is 10.9 Å². The summed E-state index contributed by atoms with van der Waals surface area (Å²) in [6.07, 6.45) is -3.09. The SMILES string of the molecule is Fc1cc2c(c(N3CCNC[C@@H]3CC(F)(F)F)c1)N=C(C1CC1)NS2. The first kappa shape index (κ1) is 17.0. The quantitative estimate of drug-likeness (QED) is 0.626. The highest BCUT2D eigenvalue weighted by Crippen LogP contribution is 2.45. The van der Waals surface area contributed by atoms with E-state index in [9.17, 15) is 17.6 Å². The van der Waals surface area contributed by atoms with Crippen molar-refractivity contribution in [2.75, 3.05) is 24.5 Å². The van der Waals surface area contributed by atoms with E-state index >= 15 is 0 Å². The Kier molecular flexibility index (Phi) is 4.31. The number of benzene rings is 1. The van der Waals surface area contributed by atoms with E-state index in [4.69, 9.17) is 0 Å². The van der Waals surface area contributed by atoms with E-state index in [2.05, 4.69) is 15.0 Å². The van der Waals surface area contributed by atoms with Crippen LogP contribution in [0.1, 0.15) is 19.3 Å². The van der Waals surface area contributed by atoms with Crippen LogP contribution in [0.4, 0.5) is 28.9 Å². The zero-order chi connectivity index (χ0) is 17.6. The number of hydrogen-bond donors (Lipinski definition) is 2. The average Bonchev–Trinajstić information content (AvgIpc) is 3.38. The van der Waals surface area contributed by atoms with Crippen LogP contribution in [0.5, 0.6) is 0 Å². The maximum Gasteiger partial charge on any atom is 0.391 e. The van der Waals surface area contributed by atoms with Crippen molar-refractivity contribution in [1.82, 2.24) is 10.0 Å². The predicted molar refractivity (Wildman–Crippen MR) is 89.9 cm³/mol. The second kappa shape index (κ2) is 6.35. The van der Waals surface area contributed by atoms with Gasteiger partial charge >= 0.3 is 6.18 Å². The van der Waals surface area contributed by atoms with E-state index in [1.807, 2.05) is 0 Å². The monoisotopic (exact) mass is 374 g/mol. The molecule has 0 aromatic heterocycles. The fourth-order valence-electron chi connectivity index (χ4n) is 3.28. The second-order valence-corrected chi connectivity index (χ2v) is 7.47. The lowest BCUT2D eigenvalue weighted by molar-refractivity contribution is -0.138. The summed E-state index contributed by atoms with van der Waals surface area (Å²) in [5, 5.41) is 3.00. The van der Waals surface area contributed by atoms with Gasteiger partial charge in [-0.05, 0) is 36.9 Å². The van der Waals surface area contributed by atoms with Crippen molar-refractivity contribution in [2.45, 2.75) is 36.4 Å². The molecule has 2 aliphatic heterocycles. The third-order valence-electron chi connectivity index (χ3n) is 4.61. The topological polar surface area (TPSA) is 39.7 Å². The Hall–Kier alpha value is -1.48. The van der Waals surface area contributed by atoms with Crippen LogP contribution in [0.2, 0.25) is 0 Å². The van der Waals surface area contributed by atoms with Crippen LogP contribution < -0.4 is 14.9 Å². The van der Waals surface area contributed by atoms with Crippen molar-refractivity contribution in [3.05, 3.63) is 17.9 Å². The molecule has 0 spiro atoms. The molecule has 2 heterocycles. The van der Waals surface area contributed by atoms with Gasteiger partial charge < -0.3 is 14.9 Å². The molecule has 3 aliphatic rings. The van der Waals surface area contributed by atoms with Crippen LogP contribution in [0.15, 0.2) is 22.0 Å². The summed E-state index contributed by atoms with van der Waals surface area (Å²) in [6.45, 7) is 1.17. The molecule has 0 amide bonds. The molecule has 0 bridgehead atoms. The Morgan fingerprint density at radius 3 is 2.80 bits per heavy atom. The normalized spacial score (nSPS) is 23.8. The molecular weight excluding hydrogens is 356 g/mol. The van der Waals surface area contributed by atoms with Crippen LogP contribution in [0.3, 0.4) is 0 Å². The zero-order valence-corrected chi connectivity index (χ0v) is 14.2. The molecule has 1 atom stereocenters. The summed E-state index contributed by atoms with van der Waals surface area (Å²) in [4.78, 5) is 6.90.